The van der Waals surface area contributed by atoms with Crippen LogP contribution in [0.1, 0.15) is 18.9 Å². The summed E-state index contributed by atoms with van der Waals surface area (Å²) in [5, 5.41) is 1.50. The highest BCUT2D eigenvalue weighted by atomic mass is 35.5. The molecule has 1 fully saturated rings. The van der Waals surface area contributed by atoms with Crippen LogP contribution >= 0.6 is 23.2 Å². The second-order valence-electron chi connectivity index (χ2n) is 4.87. The number of nitrogens with zero attached hydrogens (tertiary/aromatic N) is 1. The Labute approximate surface area is 113 Å². The lowest BCUT2D eigenvalue weighted by Gasteiger charge is -2.35. The lowest BCUT2D eigenvalue weighted by atomic mass is 9.94. The van der Waals surface area contributed by atoms with Crippen molar-refractivity contribution < 1.29 is 0 Å². The van der Waals surface area contributed by atoms with E-state index in [2.05, 4.69) is 11.8 Å². The minimum absolute atomic E-state index is 0.327. The molecule has 0 saturated carbocycles. The molecule has 1 aliphatic rings. The third kappa shape index (κ3) is 3.14. The van der Waals surface area contributed by atoms with Crippen molar-refractivity contribution in [2.75, 3.05) is 13.1 Å². The zero-order valence-electron chi connectivity index (χ0n) is 10.00. The van der Waals surface area contributed by atoms with Gasteiger partial charge in [-0.3, -0.25) is 4.90 Å². The highest BCUT2D eigenvalue weighted by molar-refractivity contribution is 6.35. The molecule has 4 heteroatoms. The molecule has 0 spiro atoms. The van der Waals surface area contributed by atoms with Gasteiger partial charge in [-0.1, -0.05) is 36.2 Å². The smallest absolute Gasteiger partial charge is 0.0465 e. The molecule has 2 unspecified atom stereocenters. The molecule has 0 aromatic heterocycles. The molecule has 0 bridgehead atoms. The van der Waals surface area contributed by atoms with E-state index in [4.69, 9.17) is 28.9 Å². The summed E-state index contributed by atoms with van der Waals surface area (Å²) in [7, 11) is 0. The van der Waals surface area contributed by atoms with E-state index in [0.29, 0.717) is 12.0 Å². The summed E-state index contributed by atoms with van der Waals surface area (Å²) in [4.78, 5) is 2.38. The van der Waals surface area contributed by atoms with Crippen molar-refractivity contribution in [3.05, 3.63) is 33.8 Å². The van der Waals surface area contributed by atoms with E-state index < -0.39 is 0 Å². The SMILES string of the molecule is CC1CN(Cc2c(Cl)cccc2Cl)CCC1N. The highest BCUT2D eigenvalue weighted by Gasteiger charge is 2.23. The average molecular weight is 273 g/mol. The van der Waals surface area contributed by atoms with Crippen LogP contribution in [0.25, 0.3) is 0 Å². The minimum atomic E-state index is 0.327. The Morgan fingerprint density at radius 3 is 2.59 bits per heavy atom. The van der Waals surface area contributed by atoms with E-state index in [1.54, 1.807) is 0 Å². The lowest BCUT2D eigenvalue weighted by molar-refractivity contribution is 0.158. The molecule has 0 aliphatic carbocycles. The van der Waals surface area contributed by atoms with Crippen LogP contribution in [0.3, 0.4) is 0 Å². The number of hydrogen-bond donors (Lipinski definition) is 1. The van der Waals surface area contributed by atoms with Crippen molar-refractivity contribution in [2.24, 2.45) is 11.7 Å². The Hall–Kier alpha value is -0.280. The number of benzene rings is 1. The topological polar surface area (TPSA) is 29.3 Å². The van der Waals surface area contributed by atoms with Gasteiger partial charge in [0.05, 0.1) is 0 Å². The van der Waals surface area contributed by atoms with Crippen LogP contribution in [-0.4, -0.2) is 24.0 Å². The number of rotatable bonds is 2. The summed E-state index contributed by atoms with van der Waals surface area (Å²) in [5.41, 5.74) is 7.04. The second-order valence-corrected chi connectivity index (χ2v) is 5.68. The molecule has 1 heterocycles. The van der Waals surface area contributed by atoms with Gasteiger partial charge in [0.25, 0.3) is 0 Å². The van der Waals surface area contributed by atoms with Gasteiger partial charge < -0.3 is 5.73 Å². The fraction of sp³-hybridized carbons (Fsp3) is 0.538. The first-order chi connectivity index (χ1) is 8.08. The van der Waals surface area contributed by atoms with E-state index >= 15 is 0 Å². The predicted molar refractivity (Wildman–Crippen MR) is 73.5 cm³/mol. The Morgan fingerprint density at radius 2 is 2.00 bits per heavy atom. The molecule has 1 aromatic rings. The number of hydrogen-bond acceptors (Lipinski definition) is 2. The van der Waals surface area contributed by atoms with Gasteiger partial charge in [0, 0.05) is 34.7 Å². The summed E-state index contributed by atoms with van der Waals surface area (Å²) in [5.74, 6) is 0.532. The van der Waals surface area contributed by atoms with Crippen LogP contribution in [0.4, 0.5) is 0 Å². The summed E-state index contributed by atoms with van der Waals surface area (Å²) in [6.45, 7) is 5.05. The molecule has 94 valence electrons. The van der Waals surface area contributed by atoms with Crippen molar-refractivity contribution in [1.82, 2.24) is 4.90 Å². The van der Waals surface area contributed by atoms with Crippen LogP contribution in [-0.2, 0) is 6.54 Å². The first-order valence-electron chi connectivity index (χ1n) is 5.98. The van der Waals surface area contributed by atoms with Crippen LogP contribution in [0.15, 0.2) is 18.2 Å². The third-order valence-electron chi connectivity index (χ3n) is 3.50. The fourth-order valence-corrected chi connectivity index (χ4v) is 2.82. The number of piperidine rings is 1. The summed E-state index contributed by atoms with van der Waals surface area (Å²) in [6.07, 6.45) is 1.04. The van der Waals surface area contributed by atoms with Gasteiger partial charge in [0.2, 0.25) is 0 Å². The quantitative estimate of drug-likeness (QED) is 0.896. The monoisotopic (exact) mass is 272 g/mol. The molecule has 17 heavy (non-hydrogen) atoms. The molecular formula is C13H18Cl2N2. The van der Waals surface area contributed by atoms with Crippen molar-refractivity contribution in [3.63, 3.8) is 0 Å². The lowest BCUT2D eigenvalue weighted by Crippen LogP contribution is -2.45. The molecule has 2 N–H and O–H groups in total. The van der Waals surface area contributed by atoms with Crippen molar-refractivity contribution in [2.45, 2.75) is 25.9 Å². The molecule has 1 aromatic carbocycles. The van der Waals surface area contributed by atoms with Gasteiger partial charge >= 0.3 is 0 Å². The van der Waals surface area contributed by atoms with Crippen LogP contribution < -0.4 is 5.73 Å². The van der Waals surface area contributed by atoms with E-state index in [0.717, 1.165) is 41.7 Å². The maximum atomic E-state index is 6.18. The van der Waals surface area contributed by atoms with Crippen LogP contribution in [0, 0.1) is 5.92 Å². The first kappa shape index (κ1) is 13.2. The predicted octanol–water partition coefficient (Wildman–Crippen LogP) is 3.16. The molecule has 0 amide bonds. The molecule has 0 radical (unpaired) electrons. The normalized spacial score (nSPS) is 26.1. The fourth-order valence-electron chi connectivity index (χ4n) is 2.30. The Morgan fingerprint density at radius 1 is 1.35 bits per heavy atom. The van der Waals surface area contributed by atoms with E-state index in [1.807, 2.05) is 18.2 Å². The Balaban J connectivity index is 2.06. The van der Waals surface area contributed by atoms with E-state index in [1.165, 1.54) is 0 Å². The maximum absolute atomic E-state index is 6.18. The molecule has 2 rings (SSSR count). The number of likely N-dealkylation sites (tertiary alicyclic amines) is 1. The molecule has 1 saturated heterocycles. The first-order valence-corrected chi connectivity index (χ1v) is 6.74. The standard InChI is InChI=1S/C13H18Cl2N2/c1-9-7-17(6-5-13(9)16)8-10-11(14)3-2-4-12(10)15/h2-4,9,13H,5-8,16H2,1H3. The third-order valence-corrected chi connectivity index (χ3v) is 4.21. The summed E-state index contributed by atoms with van der Waals surface area (Å²) >= 11 is 12.4. The average Bonchev–Trinajstić information content (AvgIpc) is 2.28. The van der Waals surface area contributed by atoms with Gasteiger partial charge in [-0.15, -0.1) is 0 Å². The Bertz CT molecular complexity index is 375. The van der Waals surface area contributed by atoms with Gasteiger partial charge in [0.15, 0.2) is 0 Å². The molecule has 2 nitrogen and oxygen atoms in total. The van der Waals surface area contributed by atoms with Gasteiger partial charge in [-0.2, -0.15) is 0 Å². The van der Waals surface area contributed by atoms with Crippen LogP contribution in [0.2, 0.25) is 10.0 Å². The summed E-state index contributed by atoms with van der Waals surface area (Å²) < 4.78 is 0. The number of nitrogens with two attached hydrogens (primary N) is 1. The maximum Gasteiger partial charge on any atom is 0.0465 e. The largest absolute Gasteiger partial charge is 0.327 e. The van der Waals surface area contributed by atoms with Gasteiger partial charge in [-0.25, -0.2) is 0 Å². The molecule has 1 aliphatic heterocycles. The van der Waals surface area contributed by atoms with Crippen LogP contribution in [0.5, 0.6) is 0 Å². The van der Waals surface area contributed by atoms with Gasteiger partial charge in [0.1, 0.15) is 0 Å². The zero-order chi connectivity index (χ0) is 12.4. The van der Waals surface area contributed by atoms with Gasteiger partial charge in [-0.05, 0) is 31.0 Å². The van der Waals surface area contributed by atoms with E-state index in [-0.39, 0.29) is 0 Å². The Kier molecular flexibility index (Phi) is 4.31. The molecule has 2 atom stereocenters. The second kappa shape index (κ2) is 5.57. The summed E-state index contributed by atoms with van der Waals surface area (Å²) in [6, 6.07) is 5.99. The minimum Gasteiger partial charge on any atom is -0.327 e. The van der Waals surface area contributed by atoms with E-state index in [9.17, 15) is 0 Å². The van der Waals surface area contributed by atoms with Crippen molar-refractivity contribution >= 4 is 23.2 Å². The number of halogens is 2. The van der Waals surface area contributed by atoms with Crippen molar-refractivity contribution in [3.8, 4) is 0 Å². The highest BCUT2D eigenvalue weighted by Crippen LogP contribution is 2.27. The van der Waals surface area contributed by atoms with Crippen molar-refractivity contribution in [1.29, 1.82) is 0 Å². The zero-order valence-corrected chi connectivity index (χ0v) is 11.5. The molecular weight excluding hydrogens is 255 g/mol.